The molecule has 0 bridgehead atoms. The first-order valence-corrected chi connectivity index (χ1v) is 10.3. The minimum absolute atomic E-state index is 0.000245. The summed E-state index contributed by atoms with van der Waals surface area (Å²) in [5.74, 6) is 0.0902. The number of hydrogen-bond acceptors (Lipinski definition) is 4. The molecule has 2 amide bonds. The van der Waals surface area contributed by atoms with E-state index in [1.807, 2.05) is 19.1 Å². The summed E-state index contributed by atoms with van der Waals surface area (Å²) in [6, 6.07) is 3.74. The van der Waals surface area contributed by atoms with Crippen LogP contribution in [0.1, 0.15) is 37.7 Å². The largest absolute Gasteiger partial charge is 0.482 e. The highest BCUT2D eigenvalue weighted by molar-refractivity contribution is 9.11. The van der Waals surface area contributed by atoms with Crippen molar-refractivity contribution >= 4 is 61.0 Å². The van der Waals surface area contributed by atoms with Crippen molar-refractivity contribution in [1.82, 2.24) is 16.2 Å². The number of nitrogens with one attached hydrogen (secondary N) is 3. The van der Waals surface area contributed by atoms with Crippen LogP contribution in [0.15, 0.2) is 21.1 Å². The third-order valence-corrected chi connectivity index (χ3v) is 5.32. The van der Waals surface area contributed by atoms with Crippen LogP contribution < -0.4 is 20.9 Å². The minimum Gasteiger partial charge on any atom is -0.482 e. The van der Waals surface area contributed by atoms with Crippen molar-refractivity contribution in [2.75, 3.05) is 6.61 Å². The molecule has 0 atom stereocenters. The molecule has 1 fully saturated rings. The first kappa shape index (κ1) is 21.1. The van der Waals surface area contributed by atoms with E-state index in [1.165, 1.54) is 6.42 Å². The van der Waals surface area contributed by atoms with Gasteiger partial charge in [-0.25, -0.2) is 0 Å². The van der Waals surface area contributed by atoms with Gasteiger partial charge in [0.2, 0.25) is 5.91 Å². The molecular formula is C17H21Br2N3O3S. The number of rotatable bonds is 4. The number of hydrogen-bond donors (Lipinski definition) is 3. The van der Waals surface area contributed by atoms with Crippen LogP contribution >= 0.6 is 44.1 Å². The highest BCUT2D eigenvalue weighted by atomic mass is 79.9. The fourth-order valence-electron chi connectivity index (χ4n) is 2.78. The number of halogens is 2. The van der Waals surface area contributed by atoms with Gasteiger partial charge in [0.15, 0.2) is 11.7 Å². The number of carbonyl (C=O) groups excluding carboxylic acids is 2. The van der Waals surface area contributed by atoms with Gasteiger partial charge in [-0.1, -0.05) is 35.2 Å². The molecule has 0 unspecified atom stereocenters. The fraction of sp³-hybridized carbons (Fsp3) is 0.471. The molecule has 0 aromatic heterocycles. The third-order valence-electron chi connectivity index (χ3n) is 4.07. The van der Waals surface area contributed by atoms with Crippen LogP contribution in [-0.2, 0) is 9.59 Å². The average molecular weight is 507 g/mol. The Kier molecular flexibility index (Phi) is 8.30. The Labute approximate surface area is 175 Å². The lowest BCUT2D eigenvalue weighted by Gasteiger charge is -2.21. The quantitative estimate of drug-likeness (QED) is 0.430. The van der Waals surface area contributed by atoms with Crippen molar-refractivity contribution < 1.29 is 14.3 Å². The molecule has 1 saturated carbocycles. The minimum atomic E-state index is -0.409. The predicted octanol–water partition coefficient (Wildman–Crippen LogP) is 3.50. The molecule has 26 heavy (non-hydrogen) atoms. The molecule has 9 heteroatoms. The second-order valence-electron chi connectivity index (χ2n) is 6.15. The number of ether oxygens (including phenoxy) is 1. The molecule has 3 N–H and O–H groups in total. The Bertz CT molecular complexity index is 671. The zero-order valence-electron chi connectivity index (χ0n) is 14.4. The van der Waals surface area contributed by atoms with Gasteiger partial charge < -0.3 is 10.1 Å². The van der Waals surface area contributed by atoms with Crippen molar-refractivity contribution in [2.24, 2.45) is 5.92 Å². The topological polar surface area (TPSA) is 79.5 Å². The normalized spacial score (nSPS) is 14.4. The van der Waals surface area contributed by atoms with E-state index in [9.17, 15) is 9.59 Å². The van der Waals surface area contributed by atoms with Gasteiger partial charge in [0.1, 0.15) is 5.75 Å². The summed E-state index contributed by atoms with van der Waals surface area (Å²) < 4.78 is 7.21. The molecule has 6 nitrogen and oxygen atoms in total. The van der Waals surface area contributed by atoms with Crippen LogP contribution in [-0.4, -0.2) is 23.5 Å². The number of thiocarbonyl (C=S) groups is 1. The van der Waals surface area contributed by atoms with E-state index in [2.05, 4.69) is 48.0 Å². The van der Waals surface area contributed by atoms with E-state index in [-0.39, 0.29) is 23.5 Å². The van der Waals surface area contributed by atoms with Crippen molar-refractivity contribution in [3.8, 4) is 5.75 Å². The molecule has 0 saturated heterocycles. The zero-order valence-corrected chi connectivity index (χ0v) is 18.4. The van der Waals surface area contributed by atoms with Crippen molar-refractivity contribution in [3.63, 3.8) is 0 Å². The van der Waals surface area contributed by atoms with Crippen LogP contribution in [0.2, 0.25) is 0 Å². The molecule has 1 aliphatic carbocycles. The molecular weight excluding hydrogens is 486 g/mol. The summed E-state index contributed by atoms with van der Waals surface area (Å²) in [5.41, 5.74) is 5.84. The summed E-state index contributed by atoms with van der Waals surface area (Å²) >= 11 is 11.8. The maximum Gasteiger partial charge on any atom is 0.276 e. The molecule has 0 radical (unpaired) electrons. The number of hydrazine groups is 1. The number of benzene rings is 1. The number of amides is 2. The van der Waals surface area contributed by atoms with Gasteiger partial charge in [-0.3, -0.25) is 20.4 Å². The third kappa shape index (κ3) is 6.51. The smallest absolute Gasteiger partial charge is 0.276 e. The number of carbonyl (C=O) groups is 2. The molecule has 1 aromatic carbocycles. The van der Waals surface area contributed by atoms with Crippen LogP contribution in [0, 0.1) is 12.8 Å². The van der Waals surface area contributed by atoms with E-state index in [0.717, 1.165) is 40.2 Å². The average Bonchev–Trinajstić information content (AvgIpc) is 2.59. The Balaban J connectivity index is 1.73. The van der Waals surface area contributed by atoms with Gasteiger partial charge in [-0.15, -0.1) is 0 Å². The van der Waals surface area contributed by atoms with Crippen molar-refractivity contribution in [1.29, 1.82) is 0 Å². The molecule has 0 spiro atoms. The summed E-state index contributed by atoms with van der Waals surface area (Å²) in [7, 11) is 0. The maximum atomic E-state index is 12.1. The van der Waals surface area contributed by atoms with E-state index in [0.29, 0.717) is 5.75 Å². The van der Waals surface area contributed by atoms with Crippen LogP contribution in [0.5, 0.6) is 5.75 Å². The maximum absolute atomic E-state index is 12.1. The monoisotopic (exact) mass is 505 g/mol. The first-order valence-electron chi connectivity index (χ1n) is 8.35. The lowest BCUT2D eigenvalue weighted by Crippen LogP contribution is -2.50. The van der Waals surface area contributed by atoms with E-state index in [4.69, 9.17) is 17.0 Å². The molecule has 2 rings (SSSR count). The summed E-state index contributed by atoms with van der Waals surface area (Å²) in [6.07, 6.45) is 5.08. The van der Waals surface area contributed by atoms with Gasteiger partial charge >= 0.3 is 0 Å². The Morgan fingerprint density at radius 2 is 1.88 bits per heavy atom. The fourth-order valence-corrected chi connectivity index (χ4v) is 4.49. The Morgan fingerprint density at radius 1 is 1.19 bits per heavy atom. The van der Waals surface area contributed by atoms with Gasteiger partial charge in [0.25, 0.3) is 5.91 Å². The van der Waals surface area contributed by atoms with Crippen LogP contribution in [0.4, 0.5) is 0 Å². The Morgan fingerprint density at radius 3 is 2.54 bits per heavy atom. The SMILES string of the molecule is Cc1cc(Br)cc(Br)c1OCC(=O)NNC(=S)NC(=O)C1CCCCC1. The lowest BCUT2D eigenvalue weighted by molar-refractivity contribution is -0.125. The highest BCUT2D eigenvalue weighted by Crippen LogP contribution is 2.32. The molecule has 0 heterocycles. The van der Waals surface area contributed by atoms with E-state index < -0.39 is 5.91 Å². The molecule has 1 aliphatic rings. The molecule has 0 aliphatic heterocycles. The standard InChI is InChI=1S/C17H21Br2N3O3S/c1-10-7-12(18)8-13(19)15(10)25-9-14(23)21-22-17(26)20-16(24)11-5-3-2-4-6-11/h7-8,11H,2-6,9H2,1H3,(H,21,23)(H2,20,22,24,26). The first-order chi connectivity index (χ1) is 12.4. The van der Waals surface area contributed by atoms with Crippen molar-refractivity contribution in [2.45, 2.75) is 39.0 Å². The van der Waals surface area contributed by atoms with Gasteiger partial charge in [0, 0.05) is 10.4 Å². The van der Waals surface area contributed by atoms with Gasteiger partial charge in [-0.05, 0) is 65.6 Å². The summed E-state index contributed by atoms with van der Waals surface area (Å²) in [4.78, 5) is 24.0. The Hall–Kier alpha value is -1.19. The summed E-state index contributed by atoms with van der Waals surface area (Å²) in [5, 5.41) is 2.70. The number of aryl methyl sites for hydroxylation is 1. The van der Waals surface area contributed by atoms with E-state index >= 15 is 0 Å². The van der Waals surface area contributed by atoms with Crippen molar-refractivity contribution in [3.05, 3.63) is 26.6 Å². The predicted molar refractivity (Wildman–Crippen MR) is 111 cm³/mol. The van der Waals surface area contributed by atoms with Gasteiger partial charge in [-0.2, -0.15) is 0 Å². The molecule has 1 aromatic rings. The second kappa shape index (κ2) is 10.2. The summed E-state index contributed by atoms with van der Waals surface area (Å²) in [6.45, 7) is 1.70. The van der Waals surface area contributed by atoms with Gasteiger partial charge in [0.05, 0.1) is 4.47 Å². The highest BCUT2D eigenvalue weighted by Gasteiger charge is 2.21. The second-order valence-corrected chi connectivity index (χ2v) is 8.33. The van der Waals surface area contributed by atoms with E-state index in [1.54, 1.807) is 0 Å². The van der Waals surface area contributed by atoms with Crippen LogP contribution in [0.25, 0.3) is 0 Å². The van der Waals surface area contributed by atoms with Crippen LogP contribution in [0.3, 0.4) is 0 Å². The zero-order chi connectivity index (χ0) is 19.1. The lowest BCUT2D eigenvalue weighted by atomic mass is 9.89. The molecule has 142 valence electrons.